The van der Waals surface area contributed by atoms with Gasteiger partial charge < -0.3 is 14.7 Å². The van der Waals surface area contributed by atoms with Crippen LogP contribution in [0.3, 0.4) is 0 Å². The first-order valence-electron chi connectivity index (χ1n) is 10.5. The lowest BCUT2D eigenvalue weighted by Gasteiger charge is -2.19. The van der Waals surface area contributed by atoms with Gasteiger partial charge in [0.15, 0.2) is 5.17 Å². The molecule has 0 aromatic heterocycles. The molecule has 1 N–H and O–H groups in total. The molecule has 0 saturated carbocycles. The molecular weight excluding hydrogens is 534 g/mol. The van der Waals surface area contributed by atoms with Crippen molar-refractivity contribution in [1.29, 1.82) is 0 Å². The number of hydrogen-bond donors (Lipinski definition) is 1. The molecule has 3 aromatic carbocycles. The fourth-order valence-electron chi connectivity index (χ4n) is 3.71. The third-order valence-corrected chi connectivity index (χ3v) is 8.23. The summed E-state index contributed by atoms with van der Waals surface area (Å²) in [5, 5.41) is 11.2. The van der Waals surface area contributed by atoms with Crippen molar-refractivity contribution in [2.45, 2.75) is 11.8 Å². The maximum absolute atomic E-state index is 13.8. The van der Waals surface area contributed by atoms with Crippen LogP contribution >= 0.6 is 39.5 Å². The van der Waals surface area contributed by atoms with E-state index in [9.17, 15) is 9.90 Å². The first-order chi connectivity index (χ1) is 16.5. The van der Waals surface area contributed by atoms with Crippen LogP contribution in [0.2, 0.25) is 0 Å². The van der Waals surface area contributed by atoms with Gasteiger partial charge in [0.2, 0.25) is 0 Å². The molecule has 2 aliphatic heterocycles. The SMILES string of the molecule is CCN1/C(=C2/SC(=Nc3ccc(Br)cc3)N(c3ccc(O)cc3)C2=O)Sc2ccc(OC)cc21. The molecule has 172 valence electrons. The minimum absolute atomic E-state index is 0.140. The standard InChI is InChI=1S/C25H20BrN3O3S2/c1-3-28-20-14-19(32-2)12-13-21(20)33-24(28)22-23(31)29(17-8-10-18(30)11-9-17)25(34-22)27-16-6-4-15(26)5-7-16/h4-14,30H,3H2,1-2H3/b24-22-,27-25?. The summed E-state index contributed by atoms with van der Waals surface area (Å²) < 4.78 is 6.37. The van der Waals surface area contributed by atoms with Crippen LogP contribution in [-0.2, 0) is 4.79 Å². The molecule has 1 fully saturated rings. The highest BCUT2D eigenvalue weighted by Crippen LogP contribution is 2.52. The molecule has 6 nitrogen and oxygen atoms in total. The van der Waals surface area contributed by atoms with Crippen molar-refractivity contribution in [2.75, 3.05) is 23.5 Å². The Bertz CT molecular complexity index is 1320. The lowest BCUT2D eigenvalue weighted by molar-refractivity contribution is -0.113. The van der Waals surface area contributed by atoms with E-state index in [1.807, 2.05) is 42.5 Å². The second kappa shape index (κ2) is 9.40. The minimum Gasteiger partial charge on any atom is -0.508 e. The summed E-state index contributed by atoms with van der Waals surface area (Å²) in [6.45, 7) is 2.77. The zero-order chi connectivity index (χ0) is 23.8. The number of fused-ring (bicyclic) bond motifs is 1. The van der Waals surface area contributed by atoms with Gasteiger partial charge in [-0.15, -0.1) is 0 Å². The quantitative estimate of drug-likeness (QED) is 0.361. The van der Waals surface area contributed by atoms with Gasteiger partial charge in [-0.3, -0.25) is 9.69 Å². The van der Waals surface area contributed by atoms with Crippen molar-refractivity contribution in [3.05, 3.63) is 81.1 Å². The molecule has 1 amide bonds. The number of methoxy groups -OCH3 is 1. The number of carbonyl (C=O) groups excluding carboxylic acids is 1. The van der Waals surface area contributed by atoms with E-state index in [2.05, 4.69) is 27.8 Å². The highest BCUT2D eigenvalue weighted by Gasteiger charge is 2.40. The summed E-state index contributed by atoms with van der Waals surface area (Å²) >= 11 is 6.39. The van der Waals surface area contributed by atoms with Crippen LogP contribution in [-0.4, -0.2) is 29.8 Å². The van der Waals surface area contributed by atoms with Crippen LogP contribution < -0.4 is 14.5 Å². The molecule has 2 aliphatic rings. The molecule has 0 unspecified atom stereocenters. The molecule has 0 aliphatic carbocycles. The van der Waals surface area contributed by atoms with Crippen molar-refractivity contribution >= 4 is 67.6 Å². The van der Waals surface area contributed by atoms with Crippen molar-refractivity contribution in [2.24, 2.45) is 4.99 Å². The minimum atomic E-state index is -0.146. The predicted molar refractivity (Wildman–Crippen MR) is 143 cm³/mol. The third kappa shape index (κ3) is 4.19. The molecule has 5 rings (SSSR count). The van der Waals surface area contributed by atoms with Crippen LogP contribution in [0.4, 0.5) is 17.1 Å². The van der Waals surface area contributed by atoms with Gasteiger partial charge in [0, 0.05) is 22.0 Å². The number of halogens is 1. The van der Waals surface area contributed by atoms with Gasteiger partial charge in [-0.25, -0.2) is 4.99 Å². The van der Waals surface area contributed by atoms with Crippen molar-refractivity contribution in [3.63, 3.8) is 0 Å². The van der Waals surface area contributed by atoms with Crippen LogP contribution in [0.15, 0.2) is 91.0 Å². The van der Waals surface area contributed by atoms with E-state index in [4.69, 9.17) is 9.73 Å². The van der Waals surface area contributed by atoms with E-state index in [1.165, 1.54) is 11.8 Å². The van der Waals surface area contributed by atoms with Gasteiger partial charge in [-0.2, -0.15) is 0 Å². The van der Waals surface area contributed by atoms with Gasteiger partial charge in [0.1, 0.15) is 21.4 Å². The average molecular weight is 554 g/mol. The van der Waals surface area contributed by atoms with Gasteiger partial charge in [-0.05, 0) is 79.3 Å². The first-order valence-corrected chi connectivity index (χ1v) is 12.9. The molecule has 0 radical (unpaired) electrons. The summed E-state index contributed by atoms with van der Waals surface area (Å²) in [5.41, 5.74) is 2.41. The fraction of sp³-hybridized carbons (Fsp3) is 0.120. The monoisotopic (exact) mass is 553 g/mol. The van der Waals surface area contributed by atoms with E-state index < -0.39 is 0 Å². The number of phenols is 1. The number of thioether (sulfide) groups is 2. The second-order valence-corrected chi connectivity index (χ2v) is 10.4. The molecular formula is C25H20BrN3O3S2. The van der Waals surface area contributed by atoms with E-state index in [0.717, 1.165) is 31.5 Å². The smallest absolute Gasteiger partial charge is 0.274 e. The number of hydrogen-bond acceptors (Lipinski definition) is 7. The molecule has 34 heavy (non-hydrogen) atoms. The molecule has 0 atom stereocenters. The number of amides is 1. The molecule has 9 heteroatoms. The Morgan fingerprint density at radius 1 is 1.03 bits per heavy atom. The Morgan fingerprint density at radius 3 is 2.44 bits per heavy atom. The number of anilines is 2. The number of aromatic hydroxyl groups is 1. The zero-order valence-corrected chi connectivity index (χ0v) is 21.6. The maximum atomic E-state index is 13.8. The lowest BCUT2D eigenvalue weighted by Crippen LogP contribution is -2.29. The van der Waals surface area contributed by atoms with E-state index in [-0.39, 0.29) is 11.7 Å². The highest BCUT2D eigenvalue weighted by molar-refractivity contribution is 9.10. The van der Waals surface area contributed by atoms with Gasteiger partial charge in [0.05, 0.1) is 24.2 Å². The van der Waals surface area contributed by atoms with E-state index in [1.54, 1.807) is 48.0 Å². The lowest BCUT2D eigenvalue weighted by atomic mass is 10.2. The number of benzene rings is 3. The summed E-state index contributed by atoms with van der Waals surface area (Å²) in [6.07, 6.45) is 0. The zero-order valence-electron chi connectivity index (χ0n) is 18.4. The second-order valence-electron chi connectivity index (χ2n) is 7.44. The summed E-state index contributed by atoms with van der Waals surface area (Å²) in [5.74, 6) is 0.769. The number of nitrogens with zero attached hydrogens (tertiary/aromatic N) is 3. The number of ether oxygens (including phenoxy) is 1. The maximum Gasteiger partial charge on any atom is 0.274 e. The highest BCUT2D eigenvalue weighted by atomic mass is 79.9. The van der Waals surface area contributed by atoms with Gasteiger partial charge in [0.25, 0.3) is 5.91 Å². The number of aliphatic imine (C=N–C) groups is 1. The Balaban J connectivity index is 1.61. The molecule has 0 bridgehead atoms. The molecule has 0 spiro atoms. The average Bonchev–Trinajstić information content (AvgIpc) is 3.37. The van der Waals surface area contributed by atoms with Crippen molar-refractivity contribution < 1.29 is 14.6 Å². The van der Waals surface area contributed by atoms with E-state index >= 15 is 0 Å². The van der Waals surface area contributed by atoms with Crippen LogP contribution in [0.5, 0.6) is 11.5 Å². The Labute approximate surface area is 214 Å². The number of phenolic OH excluding ortho intramolecular Hbond substituents is 1. The number of amidine groups is 1. The molecule has 2 heterocycles. The summed E-state index contributed by atoms with van der Waals surface area (Å²) in [6, 6.07) is 20.2. The van der Waals surface area contributed by atoms with Gasteiger partial charge in [-0.1, -0.05) is 27.7 Å². The topological polar surface area (TPSA) is 65.4 Å². The third-order valence-electron chi connectivity index (χ3n) is 5.36. The summed E-state index contributed by atoms with van der Waals surface area (Å²) in [7, 11) is 1.65. The number of rotatable bonds is 4. The Hall–Kier alpha value is -2.88. The molecule has 3 aromatic rings. The predicted octanol–water partition coefficient (Wildman–Crippen LogP) is 6.73. The largest absolute Gasteiger partial charge is 0.508 e. The Morgan fingerprint density at radius 2 is 1.76 bits per heavy atom. The number of carbonyl (C=O) groups is 1. The van der Waals surface area contributed by atoms with Crippen molar-refractivity contribution in [1.82, 2.24) is 0 Å². The fourth-order valence-corrected chi connectivity index (χ4v) is 6.34. The first kappa shape index (κ1) is 22.9. The van der Waals surface area contributed by atoms with Crippen LogP contribution in [0, 0.1) is 0 Å². The normalized spacial score (nSPS) is 18.7. The van der Waals surface area contributed by atoms with Crippen LogP contribution in [0.25, 0.3) is 0 Å². The van der Waals surface area contributed by atoms with Gasteiger partial charge >= 0.3 is 0 Å². The molecule has 1 saturated heterocycles. The Kier molecular flexibility index (Phi) is 6.33. The van der Waals surface area contributed by atoms with Crippen molar-refractivity contribution in [3.8, 4) is 11.5 Å². The van der Waals surface area contributed by atoms with Crippen LogP contribution in [0.1, 0.15) is 6.92 Å². The van der Waals surface area contributed by atoms with E-state index in [0.29, 0.717) is 22.3 Å². The summed E-state index contributed by atoms with van der Waals surface area (Å²) in [4.78, 5) is 24.0.